The van der Waals surface area contributed by atoms with Gasteiger partial charge in [0, 0.05) is 36.5 Å². The topological polar surface area (TPSA) is 39.0 Å². The molecule has 3 rings (SSSR count). The van der Waals surface area contributed by atoms with Crippen LogP contribution in [0.1, 0.15) is 12.5 Å². The number of benzene rings is 1. The highest BCUT2D eigenvalue weighted by Crippen LogP contribution is 2.25. The first kappa shape index (κ1) is 15.7. The maximum atomic E-state index is 12.8. The Kier molecular flexibility index (Phi) is 4.76. The van der Waals surface area contributed by atoms with Gasteiger partial charge in [-0.3, -0.25) is 4.79 Å². The van der Waals surface area contributed by atoms with Crippen molar-refractivity contribution in [3.05, 3.63) is 55.0 Å². The van der Waals surface area contributed by atoms with Gasteiger partial charge in [-0.2, -0.15) is 11.8 Å². The molecule has 0 radical (unpaired) electrons. The molecule has 1 amide bonds. The van der Waals surface area contributed by atoms with Gasteiger partial charge in [0.2, 0.25) is 5.91 Å². The number of nitrogens with one attached hydrogen (secondary N) is 1. The highest BCUT2D eigenvalue weighted by atomic mass is 32.2. The maximum Gasteiger partial charge on any atom is 0.247 e. The summed E-state index contributed by atoms with van der Waals surface area (Å²) in [5.41, 5.74) is 1.99. The smallest absolute Gasteiger partial charge is 0.247 e. The van der Waals surface area contributed by atoms with Gasteiger partial charge in [0.1, 0.15) is 6.04 Å². The Balaban J connectivity index is 1.85. The van der Waals surface area contributed by atoms with E-state index in [4.69, 9.17) is 0 Å². The number of hydrogen-bond acceptors (Lipinski definition) is 2. The van der Waals surface area contributed by atoms with Gasteiger partial charge in [-0.15, -0.1) is 0 Å². The first-order valence-electron chi connectivity index (χ1n) is 7.67. The van der Waals surface area contributed by atoms with Crippen LogP contribution in [0.15, 0.2) is 55.0 Å². The summed E-state index contributed by atoms with van der Waals surface area (Å²) in [5, 5.41) is 4.18. The Morgan fingerprint density at radius 2 is 1.96 bits per heavy atom. The SMILES string of the molecule is CSCCC(C(=O)Nc1cccc2c1ccn2C)n1cccc1. The predicted octanol–water partition coefficient (Wildman–Crippen LogP) is 3.91. The van der Waals surface area contributed by atoms with Crippen molar-refractivity contribution in [2.45, 2.75) is 12.5 Å². The zero-order valence-corrected chi connectivity index (χ0v) is 14.2. The van der Waals surface area contributed by atoms with Crippen molar-refractivity contribution in [2.75, 3.05) is 17.3 Å². The summed E-state index contributed by atoms with van der Waals surface area (Å²) >= 11 is 1.76. The van der Waals surface area contributed by atoms with E-state index in [1.807, 2.05) is 60.5 Å². The molecule has 0 fully saturated rings. The predicted molar refractivity (Wildman–Crippen MR) is 98.0 cm³/mol. The Hall–Kier alpha value is -2.14. The summed E-state index contributed by atoms with van der Waals surface area (Å²) in [7, 11) is 2.01. The molecule has 0 aliphatic heterocycles. The molecule has 5 heteroatoms. The summed E-state index contributed by atoms with van der Waals surface area (Å²) in [6.45, 7) is 0. The standard InChI is InChI=1S/C18H21N3OS/c1-20-12-8-14-15(6-5-7-16(14)20)19-18(22)17(9-13-23-2)21-10-3-4-11-21/h3-8,10-12,17H,9,13H2,1-2H3,(H,19,22). The van der Waals surface area contributed by atoms with E-state index < -0.39 is 0 Å². The quantitative estimate of drug-likeness (QED) is 0.745. The number of thioether (sulfide) groups is 1. The van der Waals surface area contributed by atoms with Gasteiger partial charge < -0.3 is 14.5 Å². The molecular weight excluding hydrogens is 306 g/mol. The second kappa shape index (κ2) is 6.96. The lowest BCUT2D eigenvalue weighted by molar-refractivity contribution is -0.119. The average molecular weight is 327 g/mol. The van der Waals surface area contributed by atoms with Crippen LogP contribution >= 0.6 is 11.8 Å². The molecule has 2 aromatic heterocycles. The average Bonchev–Trinajstić information content (AvgIpc) is 3.19. The van der Waals surface area contributed by atoms with E-state index in [9.17, 15) is 4.79 Å². The lowest BCUT2D eigenvalue weighted by atomic mass is 10.1. The summed E-state index contributed by atoms with van der Waals surface area (Å²) in [6.07, 6.45) is 8.79. The molecular formula is C18H21N3OS. The highest BCUT2D eigenvalue weighted by Gasteiger charge is 2.20. The molecule has 1 unspecified atom stereocenters. The number of aryl methyl sites for hydroxylation is 1. The van der Waals surface area contributed by atoms with Crippen molar-refractivity contribution in [3.8, 4) is 0 Å². The summed E-state index contributed by atoms with van der Waals surface area (Å²) < 4.78 is 4.04. The van der Waals surface area contributed by atoms with E-state index in [2.05, 4.69) is 22.2 Å². The third-order valence-corrected chi connectivity index (χ3v) is 4.72. The third kappa shape index (κ3) is 3.29. The van der Waals surface area contributed by atoms with Crippen molar-refractivity contribution in [1.29, 1.82) is 0 Å². The van der Waals surface area contributed by atoms with Gasteiger partial charge in [0.05, 0.1) is 5.69 Å². The Labute approximate surface area is 140 Å². The first-order chi connectivity index (χ1) is 11.2. The fourth-order valence-corrected chi connectivity index (χ4v) is 3.29. The normalized spacial score (nSPS) is 12.4. The number of fused-ring (bicyclic) bond motifs is 1. The van der Waals surface area contributed by atoms with E-state index in [0.29, 0.717) is 0 Å². The minimum Gasteiger partial charge on any atom is -0.350 e. The zero-order chi connectivity index (χ0) is 16.2. The van der Waals surface area contributed by atoms with E-state index in [0.717, 1.165) is 28.8 Å². The molecule has 0 saturated carbocycles. The van der Waals surface area contributed by atoms with Crippen LogP contribution in [0.25, 0.3) is 10.9 Å². The van der Waals surface area contributed by atoms with Gasteiger partial charge in [0.15, 0.2) is 0 Å². The number of rotatable bonds is 6. The van der Waals surface area contributed by atoms with Crippen LogP contribution in [0, 0.1) is 0 Å². The van der Waals surface area contributed by atoms with Crippen LogP contribution in [0.4, 0.5) is 5.69 Å². The number of hydrogen-bond donors (Lipinski definition) is 1. The van der Waals surface area contributed by atoms with E-state index >= 15 is 0 Å². The summed E-state index contributed by atoms with van der Waals surface area (Å²) in [4.78, 5) is 12.8. The van der Waals surface area contributed by atoms with Crippen molar-refractivity contribution in [3.63, 3.8) is 0 Å². The number of amides is 1. The van der Waals surface area contributed by atoms with E-state index in [-0.39, 0.29) is 11.9 Å². The summed E-state index contributed by atoms with van der Waals surface area (Å²) in [5.74, 6) is 0.984. The van der Waals surface area contributed by atoms with Gasteiger partial charge in [-0.1, -0.05) is 6.07 Å². The molecule has 0 aliphatic carbocycles. The number of aromatic nitrogens is 2. The fourth-order valence-electron chi connectivity index (χ4n) is 2.83. The van der Waals surface area contributed by atoms with E-state index in [1.165, 1.54) is 0 Å². The van der Waals surface area contributed by atoms with Crippen LogP contribution in [-0.2, 0) is 11.8 Å². The fraction of sp³-hybridized carbons (Fsp3) is 0.278. The number of nitrogens with zero attached hydrogens (tertiary/aromatic N) is 2. The molecule has 1 N–H and O–H groups in total. The Morgan fingerprint density at radius 1 is 1.17 bits per heavy atom. The molecule has 120 valence electrons. The molecule has 23 heavy (non-hydrogen) atoms. The van der Waals surface area contributed by atoms with Crippen molar-refractivity contribution >= 4 is 34.3 Å². The minimum absolute atomic E-state index is 0.0339. The van der Waals surface area contributed by atoms with Crippen LogP contribution in [0.3, 0.4) is 0 Å². The van der Waals surface area contributed by atoms with Crippen LogP contribution in [0.5, 0.6) is 0 Å². The molecule has 3 aromatic rings. The molecule has 2 heterocycles. The van der Waals surface area contributed by atoms with Gasteiger partial charge in [0.25, 0.3) is 0 Å². The zero-order valence-electron chi connectivity index (χ0n) is 13.4. The second-order valence-electron chi connectivity index (χ2n) is 5.58. The second-order valence-corrected chi connectivity index (χ2v) is 6.57. The monoisotopic (exact) mass is 327 g/mol. The maximum absolute atomic E-state index is 12.8. The van der Waals surface area contributed by atoms with Crippen LogP contribution in [-0.4, -0.2) is 27.1 Å². The van der Waals surface area contributed by atoms with Crippen molar-refractivity contribution in [1.82, 2.24) is 9.13 Å². The molecule has 1 atom stereocenters. The summed E-state index contributed by atoms with van der Waals surface area (Å²) in [6, 6.07) is 11.8. The number of carbonyl (C=O) groups is 1. The Morgan fingerprint density at radius 3 is 2.70 bits per heavy atom. The third-order valence-electron chi connectivity index (χ3n) is 4.07. The lowest BCUT2D eigenvalue weighted by Gasteiger charge is -2.18. The molecule has 1 aromatic carbocycles. The highest BCUT2D eigenvalue weighted by molar-refractivity contribution is 7.98. The number of carbonyl (C=O) groups excluding carboxylic acids is 1. The van der Waals surface area contributed by atoms with Gasteiger partial charge in [-0.05, 0) is 48.8 Å². The molecule has 0 aliphatic rings. The molecule has 0 saturated heterocycles. The Bertz CT molecular complexity index is 792. The van der Waals surface area contributed by atoms with Crippen molar-refractivity contribution < 1.29 is 4.79 Å². The lowest BCUT2D eigenvalue weighted by Crippen LogP contribution is -2.26. The van der Waals surface area contributed by atoms with E-state index in [1.54, 1.807) is 11.8 Å². The number of anilines is 1. The molecule has 0 bridgehead atoms. The molecule has 4 nitrogen and oxygen atoms in total. The van der Waals surface area contributed by atoms with Crippen LogP contribution in [0.2, 0.25) is 0 Å². The first-order valence-corrected chi connectivity index (χ1v) is 9.06. The van der Waals surface area contributed by atoms with Gasteiger partial charge >= 0.3 is 0 Å². The largest absolute Gasteiger partial charge is 0.350 e. The molecule has 0 spiro atoms. The van der Waals surface area contributed by atoms with Crippen LogP contribution < -0.4 is 5.32 Å². The van der Waals surface area contributed by atoms with Gasteiger partial charge in [-0.25, -0.2) is 0 Å². The van der Waals surface area contributed by atoms with Crippen molar-refractivity contribution in [2.24, 2.45) is 7.05 Å². The minimum atomic E-state index is -0.184.